The zero-order valence-electron chi connectivity index (χ0n) is 25.0. The van der Waals surface area contributed by atoms with Gasteiger partial charge in [-0.3, -0.25) is 14.5 Å². The number of benzene rings is 2. The van der Waals surface area contributed by atoms with Gasteiger partial charge in [-0.15, -0.1) is 0 Å². The summed E-state index contributed by atoms with van der Waals surface area (Å²) in [6, 6.07) is 18.7. The number of rotatable bonds is 9. The van der Waals surface area contributed by atoms with E-state index in [-0.39, 0.29) is 11.6 Å². The molecule has 0 radical (unpaired) electrons. The van der Waals surface area contributed by atoms with Crippen molar-refractivity contribution >= 4 is 6.41 Å². The van der Waals surface area contributed by atoms with Crippen molar-refractivity contribution in [2.24, 2.45) is 11.7 Å². The second-order valence-corrected chi connectivity index (χ2v) is 11.1. The van der Waals surface area contributed by atoms with Crippen LogP contribution in [0.25, 0.3) is 22.5 Å². The minimum absolute atomic E-state index is 0.120. The van der Waals surface area contributed by atoms with Gasteiger partial charge >= 0.3 is 0 Å². The average molecular weight is 566 g/mol. The van der Waals surface area contributed by atoms with Crippen molar-refractivity contribution in [3.63, 3.8) is 0 Å². The first-order valence-corrected chi connectivity index (χ1v) is 14.9. The molecule has 2 aliphatic rings. The van der Waals surface area contributed by atoms with Crippen LogP contribution in [0.15, 0.2) is 95.5 Å². The lowest BCUT2D eigenvalue weighted by Gasteiger charge is -2.37. The van der Waals surface area contributed by atoms with Crippen molar-refractivity contribution in [3.8, 4) is 22.5 Å². The van der Waals surface area contributed by atoms with E-state index >= 15 is 0 Å². The molecule has 5 rings (SSSR count). The number of likely N-dealkylation sites (tertiary alicyclic amines) is 1. The Morgan fingerprint density at radius 3 is 2.40 bits per heavy atom. The van der Waals surface area contributed by atoms with Crippen molar-refractivity contribution in [3.05, 3.63) is 112 Å². The minimum atomic E-state index is -0.120. The van der Waals surface area contributed by atoms with E-state index < -0.39 is 0 Å². The van der Waals surface area contributed by atoms with Crippen molar-refractivity contribution in [1.29, 1.82) is 0 Å². The highest BCUT2D eigenvalue weighted by molar-refractivity contribution is 5.77. The number of nitrogens with zero attached hydrogens (tertiary/aromatic N) is 3. The number of aromatic nitrogens is 2. The maximum absolute atomic E-state index is 12.9. The number of nitrogens with one attached hydrogen (secondary N) is 1. The molecule has 42 heavy (non-hydrogen) atoms. The van der Waals surface area contributed by atoms with Crippen LogP contribution in [-0.2, 0) is 17.8 Å². The van der Waals surface area contributed by atoms with Gasteiger partial charge in [0.15, 0.2) is 0 Å². The standard InChI is InChI=1S/C34H38N4O2.CH5N/c1-25(2)22-31-34(40)36-33(32(35-31)27-10-6-5-7-11-27)28-16-14-26(15-17-28)23-37-20-18-30(19-21-37)38(24-39)29-12-8-3-4-9-13-29;1-2/h3,5-17,24-25,30H,4,18-23H2,1-2H3,(H,36,40);2H2,1H3. The molecule has 0 unspecified atom stereocenters. The third kappa shape index (κ3) is 7.81. The molecule has 2 heterocycles. The molecule has 220 valence electrons. The number of carbonyl (C=O) groups is 1. The summed E-state index contributed by atoms with van der Waals surface area (Å²) in [5, 5.41) is 0. The van der Waals surface area contributed by atoms with Crippen LogP contribution in [0, 0.1) is 5.92 Å². The number of hydrogen-bond donors (Lipinski definition) is 2. The highest BCUT2D eigenvalue weighted by Crippen LogP contribution is 2.29. The molecule has 1 fully saturated rings. The monoisotopic (exact) mass is 565 g/mol. The molecule has 0 saturated carbocycles. The first kappa shape index (κ1) is 30.9. The van der Waals surface area contributed by atoms with E-state index in [1.54, 1.807) is 0 Å². The Morgan fingerprint density at radius 1 is 1.02 bits per heavy atom. The van der Waals surface area contributed by atoms with E-state index in [1.165, 1.54) is 12.6 Å². The van der Waals surface area contributed by atoms with Gasteiger partial charge < -0.3 is 15.6 Å². The summed E-state index contributed by atoms with van der Waals surface area (Å²) in [6.07, 6.45) is 14.7. The van der Waals surface area contributed by atoms with Crippen LogP contribution < -0.4 is 11.3 Å². The topological polar surface area (TPSA) is 95.3 Å². The molecule has 0 atom stereocenters. The Morgan fingerprint density at radius 2 is 1.74 bits per heavy atom. The summed E-state index contributed by atoms with van der Waals surface area (Å²) in [5.41, 5.74) is 10.6. The lowest BCUT2D eigenvalue weighted by Crippen LogP contribution is -2.43. The zero-order chi connectivity index (χ0) is 29.9. The van der Waals surface area contributed by atoms with Crippen LogP contribution in [0.4, 0.5) is 0 Å². The molecule has 1 aliphatic heterocycles. The molecule has 3 aromatic rings. The number of carbonyl (C=O) groups excluding carboxylic acids is 1. The summed E-state index contributed by atoms with van der Waals surface area (Å²) in [4.78, 5) is 37.2. The zero-order valence-corrected chi connectivity index (χ0v) is 25.0. The average Bonchev–Trinajstić information content (AvgIpc) is 3.30. The molecule has 2 aromatic carbocycles. The number of H-pyrrole nitrogens is 1. The SMILES string of the molecule is CC(C)Cc1nc(-c2ccccc2)c(-c2ccc(CN3CCC(N(C=O)C4=CC=CCC=C4)CC3)cc2)[nH]c1=O.CN. The van der Waals surface area contributed by atoms with E-state index in [2.05, 4.69) is 65.9 Å². The Kier molecular flexibility index (Phi) is 11.2. The maximum Gasteiger partial charge on any atom is 0.270 e. The predicted molar refractivity (Wildman–Crippen MR) is 172 cm³/mol. The van der Waals surface area contributed by atoms with Crippen LogP contribution in [0.3, 0.4) is 0 Å². The van der Waals surface area contributed by atoms with Gasteiger partial charge in [0.05, 0.1) is 11.4 Å². The fourth-order valence-electron chi connectivity index (χ4n) is 5.51. The highest BCUT2D eigenvalue weighted by Gasteiger charge is 2.25. The number of piperidine rings is 1. The summed E-state index contributed by atoms with van der Waals surface area (Å²) in [5.74, 6) is 0.344. The Bertz CT molecular complexity index is 1450. The Balaban J connectivity index is 0.00000198. The summed E-state index contributed by atoms with van der Waals surface area (Å²) in [7, 11) is 1.50. The first-order valence-electron chi connectivity index (χ1n) is 14.9. The molecule has 0 bridgehead atoms. The highest BCUT2D eigenvalue weighted by atomic mass is 16.1. The lowest BCUT2D eigenvalue weighted by molar-refractivity contribution is -0.118. The summed E-state index contributed by atoms with van der Waals surface area (Å²) >= 11 is 0. The van der Waals surface area contributed by atoms with Crippen LogP contribution in [0.5, 0.6) is 0 Å². The van der Waals surface area contributed by atoms with Gasteiger partial charge in [0, 0.05) is 42.5 Å². The molecular formula is C35H43N5O2. The molecule has 1 aliphatic carbocycles. The van der Waals surface area contributed by atoms with Gasteiger partial charge in [0.1, 0.15) is 5.69 Å². The third-order valence-corrected chi connectivity index (χ3v) is 7.61. The van der Waals surface area contributed by atoms with Gasteiger partial charge in [-0.25, -0.2) is 4.98 Å². The fraction of sp³-hybridized carbons (Fsp3) is 0.343. The van der Waals surface area contributed by atoms with Gasteiger partial charge in [-0.2, -0.15) is 0 Å². The molecule has 7 nitrogen and oxygen atoms in total. The molecule has 7 heteroatoms. The van der Waals surface area contributed by atoms with Crippen molar-refractivity contribution in [1.82, 2.24) is 19.8 Å². The number of hydrogen-bond acceptors (Lipinski definition) is 5. The molecule has 1 saturated heterocycles. The quantitative estimate of drug-likeness (QED) is 0.325. The van der Waals surface area contributed by atoms with Crippen LogP contribution in [0.1, 0.15) is 44.4 Å². The van der Waals surface area contributed by atoms with E-state index in [4.69, 9.17) is 4.98 Å². The molecular weight excluding hydrogens is 522 g/mol. The van der Waals surface area contributed by atoms with E-state index in [9.17, 15) is 9.59 Å². The van der Waals surface area contributed by atoms with Gasteiger partial charge in [-0.05, 0) is 56.4 Å². The molecule has 1 amide bonds. The second-order valence-electron chi connectivity index (χ2n) is 11.1. The summed E-state index contributed by atoms with van der Waals surface area (Å²) in [6.45, 7) is 6.93. The van der Waals surface area contributed by atoms with Crippen LogP contribution >= 0.6 is 0 Å². The Labute approximate surface area is 249 Å². The second kappa shape index (κ2) is 15.2. The normalized spacial score (nSPS) is 15.5. The molecule has 0 spiro atoms. The minimum Gasteiger partial charge on any atom is -0.333 e. The summed E-state index contributed by atoms with van der Waals surface area (Å²) < 4.78 is 0. The number of amides is 1. The largest absolute Gasteiger partial charge is 0.333 e. The first-order chi connectivity index (χ1) is 20.5. The maximum atomic E-state index is 12.9. The third-order valence-electron chi connectivity index (χ3n) is 7.61. The smallest absolute Gasteiger partial charge is 0.270 e. The number of aromatic amines is 1. The Hall–Kier alpha value is -4.07. The van der Waals surface area contributed by atoms with Gasteiger partial charge in [0.2, 0.25) is 6.41 Å². The van der Waals surface area contributed by atoms with Crippen molar-refractivity contribution in [2.75, 3.05) is 20.1 Å². The van der Waals surface area contributed by atoms with Crippen molar-refractivity contribution < 1.29 is 4.79 Å². The lowest BCUT2D eigenvalue weighted by atomic mass is 10.00. The van der Waals surface area contributed by atoms with E-state index in [1.807, 2.05) is 53.5 Å². The predicted octanol–water partition coefficient (Wildman–Crippen LogP) is 5.70. The number of nitrogens with two attached hydrogens (primary N) is 1. The van der Waals surface area contributed by atoms with E-state index in [0.717, 1.165) is 73.5 Å². The molecule has 3 N–H and O–H groups in total. The fourth-order valence-corrected chi connectivity index (χ4v) is 5.51. The van der Waals surface area contributed by atoms with Crippen LogP contribution in [-0.4, -0.2) is 52.4 Å². The van der Waals surface area contributed by atoms with Gasteiger partial charge in [-0.1, -0.05) is 86.7 Å². The molecule has 1 aromatic heterocycles. The number of allylic oxidation sites excluding steroid dienone is 5. The van der Waals surface area contributed by atoms with E-state index in [0.29, 0.717) is 18.0 Å². The van der Waals surface area contributed by atoms with Gasteiger partial charge in [0.25, 0.3) is 5.56 Å². The van der Waals surface area contributed by atoms with Crippen LogP contribution in [0.2, 0.25) is 0 Å². The van der Waals surface area contributed by atoms with Crippen molar-refractivity contribution in [2.45, 2.75) is 52.1 Å².